The summed E-state index contributed by atoms with van der Waals surface area (Å²) in [5, 5.41) is 0.370. The normalized spacial score (nSPS) is 10.9. The lowest BCUT2D eigenvalue weighted by molar-refractivity contribution is 0.586. The molecule has 2 aromatic carbocycles. The van der Waals surface area contributed by atoms with Crippen LogP contribution in [-0.2, 0) is 0 Å². The second-order valence-corrected chi connectivity index (χ2v) is 5.09. The zero-order valence-electron chi connectivity index (χ0n) is 9.95. The molecule has 3 nitrogen and oxygen atoms in total. The topological polar surface area (TPSA) is 45.8 Å². The van der Waals surface area contributed by atoms with Gasteiger partial charge in [0.15, 0.2) is 0 Å². The van der Waals surface area contributed by atoms with Crippen LogP contribution in [0.5, 0.6) is 0 Å². The highest BCUT2D eigenvalue weighted by Gasteiger charge is 2.16. The Morgan fingerprint density at radius 1 is 1.10 bits per heavy atom. The fourth-order valence-corrected chi connectivity index (χ4v) is 2.38. The molecule has 0 amide bonds. The molecule has 1 heterocycles. The van der Waals surface area contributed by atoms with E-state index >= 15 is 0 Å². The molecule has 0 unspecified atom stereocenters. The maximum absolute atomic E-state index is 13.9. The van der Waals surface area contributed by atoms with E-state index in [1.165, 1.54) is 0 Å². The maximum atomic E-state index is 13.9. The molecule has 100 valence electrons. The zero-order valence-corrected chi connectivity index (χ0v) is 11.5. The Kier molecular flexibility index (Phi) is 3.10. The molecule has 20 heavy (non-hydrogen) atoms. The van der Waals surface area contributed by atoms with E-state index < -0.39 is 17.2 Å². The number of nitrogens with one attached hydrogen (secondary N) is 1. The minimum absolute atomic E-state index is 0.129. The van der Waals surface area contributed by atoms with Crippen molar-refractivity contribution >= 4 is 26.8 Å². The first-order valence-corrected chi connectivity index (χ1v) is 6.49. The molecule has 3 aromatic rings. The van der Waals surface area contributed by atoms with E-state index in [9.17, 15) is 13.6 Å². The molecule has 0 aliphatic carbocycles. The summed E-state index contributed by atoms with van der Waals surface area (Å²) in [6.45, 7) is 0. The third-order valence-corrected chi connectivity index (χ3v) is 3.31. The first kappa shape index (κ1) is 12.9. The van der Waals surface area contributed by atoms with Gasteiger partial charge in [0.2, 0.25) is 0 Å². The van der Waals surface area contributed by atoms with Crippen molar-refractivity contribution in [3.63, 3.8) is 0 Å². The van der Waals surface area contributed by atoms with Crippen LogP contribution < -0.4 is 5.56 Å². The van der Waals surface area contributed by atoms with Crippen molar-refractivity contribution in [3.8, 4) is 11.4 Å². The van der Waals surface area contributed by atoms with Crippen LogP contribution in [-0.4, -0.2) is 9.97 Å². The lowest BCUT2D eigenvalue weighted by Gasteiger charge is -2.06. The van der Waals surface area contributed by atoms with Crippen molar-refractivity contribution in [3.05, 3.63) is 62.9 Å². The predicted molar refractivity (Wildman–Crippen MR) is 75.4 cm³/mol. The lowest BCUT2D eigenvalue weighted by atomic mass is 10.1. The quantitative estimate of drug-likeness (QED) is 0.737. The van der Waals surface area contributed by atoms with Crippen LogP contribution in [0.4, 0.5) is 8.78 Å². The molecule has 1 N–H and O–H groups in total. The summed E-state index contributed by atoms with van der Waals surface area (Å²) in [4.78, 5) is 18.4. The average molecular weight is 337 g/mol. The number of aromatic amines is 1. The SMILES string of the molecule is O=c1[nH]c(-c2c(F)cc(Br)cc2F)nc2ccccc12. The van der Waals surface area contributed by atoms with Gasteiger partial charge in [-0.15, -0.1) is 0 Å². The molecule has 0 aliphatic heterocycles. The van der Waals surface area contributed by atoms with Gasteiger partial charge in [-0.3, -0.25) is 4.79 Å². The highest BCUT2D eigenvalue weighted by molar-refractivity contribution is 9.10. The molecule has 0 bridgehead atoms. The molecule has 0 atom stereocenters. The molecule has 0 saturated heterocycles. The average Bonchev–Trinajstić information content (AvgIpc) is 2.37. The van der Waals surface area contributed by atoms with Crippen molar-refractivity contribution in [2.75, 3.05) is 0 Å². The van der Waals surface area contributed by atoms with Crippen LogP contribution in [0.3, 0.4) is 0 Å². The van der Waals surface area contributed by atoms with Gasteiger partial charge in [-0.1, -0.05) is 28.1 Å². The second kappa shape index (κ2) is 4.79. The Morgan fingerprint density at radius 3 is 2.45 bits per heavy atom. The van der Waals surface area contributed by atoms with Crippen LogP contribution in [0.2, 0.25) is 0 Å². The van der Waals surface area contributed by atoms with E-state index in [4.69, 9.17) is 0 Å². The van der Waals surface area contributed by atoms with Crippen molar-refractivity contribution < 1.29 is 8.78 Å². The summed E-state index contributed by atoms with van der Waals surface area (Å²) in [6, 6.07) is 8.84. The summed E-state index contributed by atoms with van der Waals surface area (Å²) < 4.78 is 28.1. The third-order valence-electron chi connectivity index (χ3n) is 2.86. The summed E-state index contributed by atoms with van der Waals surface area (Å²) in [6.07, 6.45) is 0. The predicted octanol–water partition coefficient (Wildman–Crippen LogP) is 3.63. The number of fused-ring (bicyclic) bond motifs is 1. The lowest BCUT2D eigenvalue weighted by Crippen LogP contribution is -2.10. The molecule has 3 rings (SSSR count). The first-order chi connectivity index (χ1) is 9.56. The summed E-state index contributed by atoms with van der Waals surface area (Å²) >= 11 is 3.00. The molecule has 0 radical (unpaired) electrons. The highest BCUT2D eigenvalue weighted by Crippen LogP contribution is 2.26. The van der Waals surface area contributed by atoms with Crippen LogP contribution in [0, 0.1) is 11.6 Å². The minimum atomic E-state index is -0.796. The minimum Gasteiger partial charge on any atom is -0.306 e. The Balaban J connectivity index is 2.33. The van der Waals surface area contributed by atoms with Crippen molar-refractivity contribution in [2.45, 2.75) is 0 Å². The second-order valence-electron chi connectivity index (χ2n) is 4.18. The van der Waals surface area contributed by atoms with Crippen molar-refractivity contribution in [1.82, 2.24) is 9.97 Å². The first-order valence-electron chi connectivity index (χ1n) is 5.70. The summed E-state index contributed by atoms with van der Waals surface area (Å²) in [5.74, 6) is -1.72. The van der Waals surface area contributed by atoms with Gasteiger partial charge in [-0.2, -0.15) is 0 Å². The zero-order chi connectivity index (χ0) is 14.3. The van der Waals surface area contributed by atoms with Gasteiger partial charge in [0, 0.05) is 4.47 Å². The van der Waals surface area contributed by atoms with Crippen LogP contribution in [0.1, 0.15) is 0 Å². The van der Waals surface area contributed by atoms with Gasteiger partial charge in [0.25, 0.3) is 5.56 Å². The van der Waals surface area contributed by atoms with E-state index in [2.05, 4.69) is 25.9 Å². The molecule has 0 spiro atoms. The van der Waals surface area contributed by atoms with E-state index in [0.717, 1.165) is 12.1 Å². The van der Waals surface area contributed by atoms with Gasteiger partial charge in [0.05, 0.1) is 16.5 Å². The van der Waals surface area contributed by atoms with E-state index in [1.807, 2.05) is 0 Å². The van der Waals surface area contributed by atoms with E-state index in [1.54, 1.807) is 24.3 Å². The van der Waals surface area contributed by atoms with Crippen molar-refractivity contribution in [1.29, 1.82) is 0 Å². The molecule has 6 heteroatoms. The standard InChI is InChI=1S/C14H7BrF2N2O/c15-7-5-9(16)12(10(17)6-7)13-18-11-4-2-1-3-8(11)14(20)19-13/h1-6H,(H,18,19,20). The number of nitrogens with zero attached hydrogens (tertiary/aromatic N) is 1. The van der Waals surface area contributed by atoms with Gasteiger partial charge < -0.3 is 4.98 Å². The van der Waals surface area contributed by atoms with Crippen LogP contribution >= 0.6 is 15.9 Å². The number of benzene rings is 2. The number of aromatic nitrogens is 2. The van der Waals surface area contributed by atoms with E-state index in [0.29, 0.717) is 10.9 Å². The summed E-state index contributed by atoms with van der Waals surface area (Å²) in [5.41, 5.74) is -0.406. The Bertz CT molecular complexity index is 853. The largest absolute Gasteiger partial charge is 0.306 e. The maximum Gasteiger partial charge on any atom is 0.259 e. The molecular weight excluding hydrogens is 330 g/mol. The summed E-state index contributed by atoms with van der Waals surface area (Å²) in [7, 11) is 0. The molecule has 0 fully saturated rings. The Morgan fingerprint density at radius 2 is 1.75 bits per heavy atom. The molecule has 1 aromatic heterocycles. The Hall–Kier alpha value is -2.08. The fourth-order valence-electron chi connectivity index (χ4n) is 1.97. The number of halogens is 3. The number of hydrogen-bond donors (Lipinski definition) is 1. The van der Waals surface area contributed by atoms with Crippen LogP contribution in [0.15, 0.2) is 45.7 Å². The molecular formula is C14H7BrF2N2O. The Labute approximate surface area is 120 Å². The highest BCUT2D eigenvalue weighted by atomic mass is 79.9. The molecule has 0 aliphatic rings. The van der Waals surface area contributed by atoms with Gasteiger partial charge in [-0.05, 0) is 24.3 Å². The van der Waals surface area contributed by atoms with E-state index in [-0.39, 0.29) is 15.9 Å². The van der Waals surface area contributed by atoms with Gasteiger partial charge in [-0.25, -0.2) is 13.8 Å². The van der Waals surface area contributed by atoms with Crippen molar-refractivity contribution in [2.24, 2.45) is 0 Å². The molecule has 0 saturated carbocycles. The number of H-pyrrole nitrogens is 1. The number of para-hydroxylation sites is 1. The number of rotatable bonds is 1. The number of hydrogen-bond acceptors (Lipinski definition) is 2. The smallest absolute Gasteiger partial charge is 0.259 e. The third kappa shape index (κ3) is 2.12. The van der Waals surface area contributed by atoms with Gasteiger partial charge in [0.1, 0.15) is 17.5 Å². The monoisotopic (exact) mass is 336 g/mol. The van der Waals surface area contributed by atoms with Gasteiger partial charge >= 0.3 is 0 Å². The van der Waals surface area contributed by atoms with Crippen LogP contribution in [0.25, 0.3) is 22.3 Å². The fraction of sp³-hybridized carbons (Fsp3) is 0.